The molecule has 3 N–H and O–H groups in total. The van der Waals surface area contributed by atoms with E-state index < -0.39 is 23.9 Å². The van der Waals surface area contributed by atoms with Crippen LogP contribution in [0.4, 0.5) is 10.5 Å². The lowest BCUT2D eigenvalue weighted by Crippen LogP contribution is -2.45. The van der Waals surface area contributed by atoms with Crippen LogP contribution in [0, 0.1) is 13.8 Å². The monoisotopic (exact) mass is 343 g/mol. The largest absolute Gasteiger partial charge is 0.480 e. The summed E-state index contributed by atoms with van der Waals surface area (Å²) in [6, 6.07) is 3.95. The first-order chi connectivity index (χ1) is 10.2. The number of hydrogen-bond acceptors (Lipinski definition) is 4. The van der Waals surface area contributed by atoms with Gasteiger partial charge in [0, 0.05) is 5.69 Å². The number of halogens is 1. The predicted molar refractivity (Wildman–Crippen MR) is 90.1 cm³/mol. The zero-order valence-corrected chi connectivity index (χ0v) is 14.4. The standard InChI is InChI=1S/C15H21N3O4.ClH/c1-9-5-6-12(7-10(9)2)16-15(22)17-13(19)8-18(4)11(3)14(20)21;/h5-7,11H,8H2,1-4H3,(H,20,21)(H2,16,17,19,22);1H. The zero-order valence-electron chi connectivity index (χ0n) is 13.5. The maximum atomic E-state index is 11.7. The summed E-state index contributed by atoms with van der Waals surface area (Å²) >= 11 is 0. The van der Waals surface area contributed by atoms with Gasteiger partial charge in [0.05, 0.1) is 6.54 Å². The summed E-state index contributed by atoms with van der Waals surface area (Å²) in [5.41, 5.74) is 2.71. The quantitative estimate of drug-likeness (QED) is 0.757. The number of nitrogens with zero attached hydrogens (tertiary/aromatic N) is 1. The van der Waals surface area contributed by atoms with Crippen LogP contribution in [0.2, 0.25) is 0 Å². The van der Waals surface area contributed by atoms with Crippen molar-refractivity contribution in [2.24, 2.45) is 0 Å². The number of anilines is 1. The van der Waals surface area contributed by atoms with E-state index in [0.29, 0.717) is 5.69 Å². The van der Waals surface area contributed by atoms with Crippen molar-refractivity contribution in [1.82, 2.24) is 10.2 Å². The number of amides is 3. The van der Waals surface area contributed by atoms with Crippen molar-refractivity contribution in [1.29, 1.82) is 0 Å². The molecule has 0 fully saturated rings. The normalized spacial score (nSPS) is 11.3. The highest BCUT2D eigenvalue weighted by molar-refractivity contribution is 6.01. The summed E-state index contributed by atoms with van der Waals surface area (Å²) in [6.45, 7) is 5.16. The summed E-state index contributed by atoms with van der Waals surface area (Å²) in [6.07, 6.45) is 0. The molecule has 1 rings (SSSR count). The maximum Gasteiger partial charge on any atom is 0.325 e. The Morgan fingerprint density at radius 2 is 1.83 bits per heavy atom. The van der Waals surface area contributed by atoms with E-state index in [1.165, 1.54) is 18.9 Å². The fraction of sp³-hybridized carbons (Fsp3) is 0.400. The molecule has 0 saturated carbocycles. The number of hydrogen-bond donors (Lipinski definition) is 3. The molecule has 0 saturated heterocycles. The number of likely N-dealkylation sites (N-methyl/N-ethyl adjacent to an activating group) is 1. The molecule has 0 aliphatic heterocycles. The molecule has 1 unspecified atom stereocenters. The molecule has 23 heavy (non-hydrogen) atoms. The number of carbonyl (C=O) groups excluding carboxylic acids is 2. The molecule has 1 aromatic rings. The van der Waals surface area contributed by atoms with E-state index in [9.17, 15) is 14.4 Å². The summed E-state index contributed by atoms with van der Waals surface area (Å²) in [5, 5.41) is 13.6. The smallest absolute Gasteiger partial charge is 0.325 e. The number of carboxylic acid groups (broad SMARTS) is 1. The number of nitrogens with one attached hydrogen (secondary N) is 2. The molecule has 8 heteroatoms. The molecular weight excluding hydrogens is 322 g/mol. The van der Waals surface area contributed by atoms with Gasteiger partial charge < -0.3 is 10.4 Å². The highest BCUT2D eigenvalue weighted by Crippen LogP contribution is 2.13. The number of imide groups is 1. The summed E-state index contributed by atoms with van der Waals surface area (Å²) in [5.74, 6) is -1.60. The van der Waals surface area contributed by atoms with Gasteiger partial charge >= 0.3 is 12.0 Å². The van der Waals surface area contributed by atoms with E-state index in [2.05, 4.69) is 10.6 Å². The van der Waals surface area contributed by atoms with Gasteiger partial charge in [-0.2, -0.15) is 0 Å². The summed E-state index contributed by atoms with van der Waals surface area (Å²) < 4.78 is 0. The first-order valence-electron chi connectivity index (χ1n) is 6.82. The first-order valence-corrected chi connectivity index (χ1v) is 6.82. The molecule has 1 atom stereocenters. The number of aliphatic carboxylic acids is 1. The van der Waals surface area contributed by atoms with E-state index in [4.69, 9.17) is 5.11 Å². The van der Waals surface area contributed by atoms with E-state index in [1.807, 2.05) is 19.9 Å². The van der Waals surface area contributed by atoms with E-state index in [-0.39, 0.29) is 19.0 Å². The van der Waals surface area contributed by atoms with E-state index in [0.717, 1.165) is 11.1 Å². The molecule has 0 bridgehead atoms. The van der Waals surface area contributed by atoms with Crippen molar-refractivity contribution in [3.63, 3.8) is 0 Å². The SMILES string of the molecule is Cc1ccc(NC(=O)NC(=O)CN(C)C(C)C(=O)O)cc1C.Cl. The third-order valence-corrected chi connectivity index (χ3v) is 3.43. The Hall–Kier alpha value is -2.12. The van der Waals surface area contributed by atoms with Crippen LogP contribution in [-0.2, 0) is 9.59 Å². The second kappa shape index (κ2) is 9.12. The fourth-order valence-corrected chi connectivity index (χ4v) is 1.70. The Morgan fingerprint density at radius 1 is 1.22 bits per heavy atom. The predicted octanol–water partition coefficient (Wildman–Crippen LogP) is 1.78. The van der Waals surface area contributed by atoms with Crippen molar-refractivity contribution in [2.45, 2.75) is 26.8 Å². The van der Waals surface area contributed by atoms with Crippen molar-refractivity contribution >= 4 is 36.0 Å². The number of urea groups is 1. The van der Waals surface area contributed by atoms with Gasteiger partial charge in [0.1, 0.15) is 6.04 Å². The molecule has 0 radical (unpaired) electrons. The van der Waals surface area contributed by atoms with Crippen LogP contribution in [0.15, 0.2) is 18.2 Å². The van der Waals surface area contributed by atoms with Gasteiger partial charge in [0.15, 0.2) is 0 Å². The van der Waals surface area contributed by atoms with Gasteiger partial charge in [0.2, 0.25) is 5.91 Å². The van der Waals surface area contributed by atoms with Crippen LogP contribution in [0.1, 0.15) is 18.1 Å². The van der Waals surface area contributed by atoms with Gasteiger partial charge in [-0.3, -0.25) is 19.8 Å². The number of carboxylic acids is 1. The first kappa shape index (κ1) is 20.9. The lowest BCUT2D eigenvalue weighted by molar-refractivity contribution is -0.142. The molecule has 0 aromatic heterocycles. The van der Waals surface area contributed by atoms with Crippen LogP contribution in [0.5, 0.6) is 0 Å². The van der Waals surface area contributed by atoms with Crippen molar-refractivity contribution in [2.75, 3.05) is 18.9 Å². The molecule has 0 heterocycles. The number of rotatable bonds is 5. The van der Waals surface area contributed by atoms with E-state index >= 15 is 0 Å². The fourth-order valence-electron chi connectivity index (χ4n) is 1.70. The van der Waals surface area contributed by atoms with Gasteiger partial charge in [-0.1, -0.05) is 6.07 Å². The van der Waals surface area contributed by atoms with Crippen LogP contribution in [0.25, 0.3) is 0 Å². The molecule has 3 amide bonds. The minimum absolute atomic E-state index is 0. The Kier molecular flexibility index (Phi) is 8.28. The van der Waals surface area contributed by atoms with Gasteiger partial charge in [0.25, 0.3) is 0 Å². The second-order valence-corrected chi connectivity index (χ2v) is 5.23. The number of benzene rings is 1. The number of aryl methyl sites for hydroxylation is 2. The Balaban J connectivity index is 0.00000484. The highest BCUT2D eigenvalue weighted by atomic mass is 35.5. The van der Waals surface area contributed by atoms with Crippen LogP contribution >= 0.6 is 12.4 Å². The molecule has 7 nitrogen and oxygen atoms in total. The van der Waals surface area contributed by atoms with Crippen LogP contribution < -0.4 is 10.6 Å². The van der Waals surface area contributed by atoms with Crippen molar-refractivity contribution < 1.29 is 19.5 Å². The third kappa shape index (κ3) is 6.66. The Bertz CT molecular complexity index is 592. The lowest BCUT2D eigenvalue weighted by Gasteiger charge is -2.20. The minimum Gasteiger partial charge on any atom is -0.480 e. The topological polar surface area (TPSA) is 98.7 Å². The molecule has 0 aliphatic carbocycles. The lowest BCUT2D eigenvalue weighted by atomic mass is 10.1. The third-order valence-electron chi connectivity index (χ3n) is 3.43. The number of carbonyl (C=O) groups is 3. The van der Waals surface area contributed by atoms with E-state index in [1.54, 1.807) is 12.1 Å². The van der Waals surface area contributed by atoms with Gasteiger partial charge in [-0.15, -0.1) is 12.4 Å². The average molecular weight is 344 g/mol. The Morgan fingerprint density at radius 3 is 2.35 bits per heavy atom. The van der Waals surface area contributed by atoms with Gasteiger partial charge in [-0.25, -0.2) is 4.79 Å². The van der Waals surface area contributed by atoms with Crippen molar-refractivity contribution in [3.05, 3.63) is 29.3 Å². The highest BCUT2D eigenvalue weighted by Gasteiger charge is 2.19. The van der Waals surface area contributed by atoms with Crippen molar-refractivity contribution in [3.8, 4) is 0 Å². The molecule has 0 spiro atoms. The minimum atomic E-state index is -1.03. The second-order valence-electron chi connectivity index (χ2n) is 5.23. The molecule has 1 aromatic carbocycles. The average Bonchev–Trinajstić information content (AvgIpc) is 2.41. The summed E-state index contributed by atoms with van der Waals surface area (Å²) in [7, 11) is 1.50. The molecule has 128 valence electrons. The van der Waals surface area contributed by atoms with Crippen LogP contribution in [-0.4, -0.2) is 47.5 Å². The zero-order chi connectivity index (χ0) is 16.9. The molecular formula is C15H22ClN3O4. The summed E-state index contributed by atoms with van der Waals surface area (Å²) in [4.78, 5) is 35.5. The Labute approximate surface area is 141 Å². The maximum absolute atomic E-state index is 11.7. The van der Waals surface area contributed by atoms with Crippen LogP contribution in [0.3, 0.4) is 0 Å². The molecule has 0 aliphatic rings. The van der Waals surface area contributed by atoms with Gasteiger partial charge in [-0.05, 0) is 51.1 Å².